The van der Waals surface area contributed by atoms with E-state index in [-0.39, 0.29) is 22.9 Å². The molecular formula is C19H19BrN4O4S. The highest BCUT2D eigenvalue weighted by Crippen LogP contribution is 2.28. The van der Waals surface area contributed by atoms with Crippen LogP contribution in [0.3, 0.4) is 0 Å². The molecule has 4 rings (SSSR count). The second kappa shape index (κ2) is 7.85. The van der Waals surface area contributed by atoms with E-state index in [1.54, 1.807) is 12.1 Å². The number of nitrogens with zero attached hydrogens (tertiary/aromatic N) is 3. The van der Waals surface area contributed by atoms with Crippen molar-refractivity contribution >= 4 is 48.6 Å². The van der Waals surface area contributed by atoms with Crippen LogP contribution < -0.4 is 5.32 Å². The van der Waals surface area contributed by atoms with Crippen molar-refractivity contribution in [2.45, 2.75) is 24.7 Å². The molecule has 0 unspecified atom stereocenters. The topological polar surface area (TPSA) is 105 Å². The minimum Gasteiger partial charge on any atom is -0.326 e. The quantitative estimate of drug-likeness (QED) is 0.616. The zero-order valence-corrected chi connectivity index (χ0v) is 18.0. The number of benzene rings is 2. The smallest absolute Gasteiger partial charge is 0.245 e. The molecule has 0 bridgehead atoms. The molecule has 0 saturated carbocycles. The van der Waals surface area contributed by atoms with Gasteiger partial charge in [-0.2, -0.15) is 4.31 Å². The number of halogens is 1. The Kier molecular flexibility index (Phi) is 5.41. The predicted molar refractivity (Wildman–Crippen MR) is 111 cm³/mol. The second-order valence-corrected chi connectivity index (χ2v) is 9.86. The van der Waals surface area contributed by atoms with Gasteiger partial charge in [-0.15, -0.1) is 0 Å². The molecule has 1 saturated heterocycles. The van der Waals surface area contributed by atoms with Gasteiger partial charge in [0.1, 0.15) is 10.4 Å². The third-order valence-electron chi connectivity index (χ3n) is 5.07. The molecule has 8 nitrogen and oxygen atoms in total. The van der Waals surface area contributed by atoms with Gasteiger partial charge in [-0.1, -0.05) is 22.0 Å². The average Bonchev–Trinajstić information content (AvgIpc) is 3.19. The van der Waals surface area contributed by atoms with Crippen LogP contribution in [0.2, 0.25) is 0 Å². The molecule has 1 aromatic heterocycles. The number of rotatable bonds is 4. The van der Waals surface area contributed by atoms with Crippen molar-refractivity contribution < 1.29 is 17.8 Å². The van der Waals surface area contributed by atoms with E-state index in [2.05, 4.69) is 36.2 Å². The SMILES string of the molecule is Cc1cc(Br)ccc1NC(=O)[C@H]1CCCN(S(=O)(=O)c2cccc3nonc23)C1. The van der Waals surface area contributed by atoms with Gasteiger partial charge in [-0.05, 0) is 66.0 Å². The first-order chi connectivity index (χ1) is 13.9. The molecule has 2 aromatic carbocycles. The molecule has 1 aliphatic heterocycles. The highest BCUT2D eigenvalue weighted by molar-refractivity contribution is 9.10. The number of carbonyl (C=O) groups is 1. The highest BCUT2D eigenvalue weighted by atomic mass is 79.9. The molecular weight excluding hydrogens is 460 g/mol. The Balaban J connectivity index is 1.54. The van der Waals surface area contributed by atoms with Gasteiger partial charge in [0.05, 0.1) is 5.92 Å². The molecule has 0 radical (unpaired) electrons. The zero-order chi connectivity index (χ0) is 20.6. The normalized spacial score (nSPS) is 18.1. The molecule has 152 valence electrons. The summed E-state index contributed by atoms with van der Waals surface area (Å²) >= 11 is 3.40. The highest BCUT2D eigenvalue weighted by Gasteiger charge is 2.35. The molecule has 2 heterocycles. The van der Waals surface area contributed by atoms with Crippen molar-refractivity contribution in [1.29, 1.82) is 0 Å². The minimum absolute atomic E-state index is 0.0427. The number of sulfonamides is 1. The van der Waals surface area contributed by atoms with Crippen molar-refractivity contribution in [2.75, 3.05) is 18.4 Å². The van der Waals surface area contributed by atoms with E-state index >= 15 is 0 Å². The summed E-state index contributed by atoms with van der Waals surface area (Å²) in [5.74, 6) is -0.618. The standard InChI is InChI=1S/C19H19BrN4O4S/c1-12-10-14(20)7-8-15(12)21-19(25)13-4-3-9-24(11-13)29(26,27)17-6-2-5-16-18(17)23-28-22-16/h2,5-8,10,13H,3-4,9,11H2,1H3,(H,21,25)/t13-/m0/s1. The lowest BCUT2D eigenvalue weighted by Crippen LogP contribution is -2.43. The van der Waals surface area contributed by atoms with Gasteiger partial charge in [-0.25, -0.2) is 13.0 Å². The second-order valence-electron chi connectivity index (χ2n) is 7.04. The Morgan fingerprint density at radius 1 is 1.28 bits per heavy atom. The number of amides is 1. The van der Waals surface area contributed by atoms with Crippen LogP contribution in [-0.2, 0) is 14.8 Å². The number of aryl methyl sites for hydroxylation is 1. The van der Waals surface area contributed by atoms with Crippen molar-refractivity contribution in [2.24, 2.45) is 5.92 Å². The van der Waals surface area contributed by atoms with Crippen molar-refractivity contribution in [3.05, 3.63) is 46.4 Å². The first-order valence-electron chi connectivity index (χ1n) is 9.15. The third kappa shape index (κ3) is 3.92. The summed E-state index contributed by atoms with van der Waals surface area (Å²) in [6.45, 7) is 2.38. The van der Waals surface area contributed by atoms with Crippen LogP contribution in [0.25, 0.3) is 11.0 Å². The number of hydrogen-bond donors (Lipinski definition) is 1. The van der Waals surface area contributed by atoms with Crippen LogP contribution in [-0.4, -0.2) is 42.0 Å². The largest absolute Gasteiger partial charge is 0.326 e. The van der Waals surface area contributed by atoms with Gasteiger partial charge in [0.15, 0.2) is 5.52 Å². The maximum Gasteiger partial charge on any atom is 0.245 e. The fourth-order valence-electron chi connectivity index (χ4n) is 3.51. The summed E-state index contributed by atoms with van der Waals surface area (Å²) in [4.78, 5) is 12.8. The van der Waals surface area contributed by atoms with Gasteiger partial charge in [0.2, 0.25) is 15.9 Å². The molecule has 10 heteroatoms. The molecule has 1 atom stereocenters. The molecule has 1 N–H and O–H groups in total. The molecule has 29 heavy (non-hydrogen) atoms. The fraction of sp³-hybridized carbons (Fsp3) is 0.316. The van der Waals surface area contributed by atoms with E-state index in [1.807, 2.05) is 25.1 Å². The molecule has 1 fully saturated rings. The molecule has 0 spiro atoms. The molecule has 1 aliphatic rings. The van der Waals surface area contributed by atoms with E-state index in [9.17, 15) is 13.2 Å². The number of carbonyl (C=O) groups excluding carboxylic acids is 1. The van der Waals surface area contributed by atoms with Crippen LogP contribution in [0.4, 0.5) is 5.69 Å². The lowest BCUT2D eigenvalue weighted by Gasteiger charge is -2.31. The summed E-state index contributed by atoms with van der Waals surface area (Å²) < 4.78 is 33.4. The average molecular weight is 479 g/mol. The van der Waals surface area contributed by atoms with E-state index in [0.29, 0.717) is 24.9 Å². The Morgan fingerprint density at radius 2 is 2.10 bits per heavy atom. The zero-order valence-electron chi connectivity index (χ0n) is 15.6. The Hall–Kier alpha value is -2.30. The Labute approximate surface area is 176 Å². The first kappa shape index (κ1) is 20.0. The summed E-state index contributed by atoms with van der Waals surface area (Å²) in [7, 11) is -3.83. The summed E-state index contributed by atoms with van der Waals surface area (Å²) in [5, 5.41) is 10.4. The van der Waals surface area contributed by atoms with Gasteiger partial charge < -0.3 is 5.32 Å². The maximum atomic E-state index is 13.2. The number of fused-ring (bicyclic) bond motifs is 1. The summed E-state index contributed by atoms with van der Waals surface area (Å²) in [5.41, 5.74) is 2.22. The van der Waals surface area contributed by atoms with E-state index < -0.39 is 15.9 Å². The van der Waals surface area contributed by atoms with Gasteiger partial charge >= 0.3 is 0 Å². The number of aromatic nitrogens is 2. The van der Waals surface area contributed by atoms with Gasteiger partial charge in [-0.3, -0.25) is 4.79 Å². The first-order valence-corrected chi connectivity index (χ1v) is 11.4. The van der Waals surface area contributed by atoms with Crippen LogP contribution in [0.15, 0.2) is 50.4 Å². The van der Waals surface area contributed by atoms with E-state index in [1.165, 1.54) is 10.4 Å². The lowest BCUT2D eigenvalue weighted by molar-refractivity contribution is -0.120. The number of anilines is 1. The number of piperidine rings is 1. The van der Waals surface area contributed by atoms with Crippen molar-refractivity contribution in [3.63, 3.8) is 0 Å². The Bertz CT molecular complexity index is 1180. The third-order valence-corrected chi connectivity index (χ3v) is 7.46. The van der Waals surface area contributed by atoms with Crippen LogP contribution in [0, 0.1) is 12.8 Å². The van der Waals surface area contributed by atoms with E-state index in [0.717, 1.165) is 15.7 Å². The summed E-state index contributed by atoms with van der Waals surface area (Å²) in [6, 6.07) is 10.3. The number of hydrogen-bond acceptors (Lipinski definition) is 6. The van der Waals surface area contributed by atoms with Crippen molar-refractivity contribution in [3.8, 4) is 0 Å². The van der Waals surface area contributed by atoms with E-state index in [4.69, 9.17) is 0 Å². The monoisotopic (exact) mass is 478 g/mol. The van der Waals surface area contributed by atoms with Crippen LogP contribution in [0.5, 0.6) is 0 Å². The molecule has 0 aliphatic carbocycles. The van der Waals surface area contributed by atoms with Crippen molar-refractivity contribution in [1.82, 2.24) is 14.6 Å². The maximum absolute atomic E-state index is 13.2. The predicted octanol–water partition coefficient (Wildman–Crippen LogP) is 3.33. The van der Waals surface area contributed by atoms with Gasteiger partial charge in [0, 0.05) is 23.2 Å². The molecule has 1 amide bonds. The summed E-state index contributed by atoms with van der Waals surface area (Å²) in [6.07, 6.45) is 1.23. The van der Waals surface area contributed by atoms with Crippen LogP contribution in [0.1, 0.15) is 18.4 Å². The van der Waals surface area contributed by atoms with Gasteiger partial charge in [0.25, 0.3) is 0 Å². The number of nitrogens with one attached hydrogen (secondary N) is 1. The molecule has 3 aromatic rings. The minimum atomic E-state index is -3.83. The van der Waals surface area contributed by atoms with Crippen LogP contribution >= 0.6 is 15.9 Å². The fourth-order valence-corrected chi connectivity index (χ4v) is 5.64. The lowest BCUT2D eigenvalue weighted by atomic mass is 9.98. The Morgan fingerprint density at radius 3 is 2.90 bits per heavy atom.